The van der Waals surface area contributed by atoms with Crippen LogP contribution in [0.4, 0.5) is 24.9 Å². The van der Waals surface area contributed by atoms with Crippen LogP contribution in [-0.4, -0.2) is 41.7 Å². The Labute approximate surface area is 177 Å². The molecule has 168 valence electrons. The van der Waals surface area contributed by atoms with E-state index < -0.39 is 6.36 Å². The Morgan fingerprint density at radius 2 is 1.87 bits per heavy atom. The Morgan fingerprint density at radius 1 is 1.23 bits per heavy atom. The van der Waals surface area contributed by atoms with Gasteiger partial charge in [0.2, 0.25) is 5.95 Å². The normalized spacial score (nSPS) is 20.9. The number of ether oxygens (including phenoxy) is 2. The fourth-order valence-corrected chi connectivity index (χ4v) is 4.56. The van der Waals surface area contributed by atoms with E-state index in [4.69, 9.17) is 10.5 Å². The smallest absolute Gasteiger partial charge is 0.406 e. The number of anilines is 2. The highest BCUT2D eigenvalue weighted by molar-refractivity contribution is 5.74. The van der Waals surface area contributed by atoms with E-state index in [1.54, 1.807) is 7.05 Å². The van der Waals surface area contributed by atoms with Gasteiger partial charge in [-0.2, -0.15) is 4.98 Å². The molecule has 10 heteroatoms. The fraction of sp³-hybridized carbons (Fsp3) is 0.524. The number of hydrogen-bond donors (Lipinski definition) is 1. The van der Waals surface area contributed by atoms with Gasteiger partial charge < -0.3 is 20.1 Å². The average molecular weight is 438 g/mol. The first kappa shape index (κ1) is 21.5. The minimum absolute atomic E-state index is 0.0423. The van der Waals surface area contributed by atoms with E-state index in [2.05, 4.69) is 21.5 Å². The molecule has 0 saturated carbocycles. The number of piperidine rings is 1. The van der Waals surface area contributed by atoms with Gasteiger partial charge in [-0.3, -0.25) is 9.36 Å². The first-order valence-electron chi connectivity index (χ1n) is 10.2. The summed E-state index contributed by atoms with van der Waals surface area (Å²) in [7, 11) is 1.62. The number of halogens is 3. The number of aromatic nitrogens is 2. The van der Waals surface area contributed by atoms with Crippen molar-refractivity contribution in [3.63, 3.8) is 0 Å². The molecule has 2 aliphatic rings. The third-order valence-corrected chi connectivity index (χ3v) is 6.17. The Balaban J connectivity index is 1.57. The van der Waals surface area contributed by atoms with Gasteiger partial charge in [-0.25, -0.2) is 0 Å². The van der Waals surface area contributed by atoms with Crippen LogP contribution >= 0.6 is 0 Å². The lowest BCUT2D eigenvalue weighted by Crippen LogP contribution is -2.43. The largest absolute Gasteiger partial charge is 0.573 e. The van der Waals surface area contributed by atoms with Crippen molar-refractivity contribution < 1.29 is 22.6 Å². The summed E-state index contributed by atoms with van der Waals surface area (Å²) in [6, 6.07) is 5.01. The molecule has 2 N–H and O–H groups in total. The summed E-state index contributed by atoms with van der Waals surface area (Å²) < 4.78 is 48.2. The summed E-state index contributed by atoms with van der Waals surface area (Å²) >= 11 is 0. The van der Waals surface area contributed by atoms with Gasteiger partial charge in [0.05, 0.1) is 18.3 Å². The van der Waals surface area contributed by atoms with Crippen molar-refractivity contribution in [2.24, 2.45) is 12.5 Å². The second-order valence-electron chi connectivity index (χ2n) is 8.42. The molecule has 7 nitrogen and oxygen atoms in total. The molecule has 0 bridgehead atoms. The highest BCUT2D eigenvalue weighted by Crippen LogP contribution is 2.42. The predicted molar refractivity (Wildman–Crippen MR) is 110 cm³/mol. The molecule has 0 amide bonds. The molecule has 31 heavy (non-hydrogen) atoms. The van der Waals surface area contributed by atoms with E-state index in [0.29, 0.717) is 11.5 Å². The number of rotatable bonds is 3. The number of alkyl halides is 3. The molecule has 1 spiro atoms. The number of nitrogens with two attached hydrogens (primary N) is 1. The molecule has 0 unspecified atom stereocenters. The molecule has 3 heterocycles. The average Bonchev–Trinajstić information content (AvgIpc) is 3.06. The van der Waals surface area contributed by atoms with Crippen molar-refractivity contribution in [3.8, 4) is 16.9 Å². The molecule has 2 saturated heterocycles. The van der Waals surface area contributed by atoms with Gasteiger partial charge in [-0.05, 0) is 49.3 Å². The van der Waals surface area contributed by atoms with Crippen molar-refractivity contribution in [1.82, 2.24) is 9.55 Å². The molecule has 4 rings (SSSR count). The van der Waals surface area contributed by atoms with E-state index >= 15 is 0 Å². The van der Waals surface area contributed by atoms with Gasteiger partial charge >= 0.3 is 6.36 Å². The van der Waals surface area contributed by atoms with Crippen LogP contribution in [0.25, 0.3) is 11.1 Å². The van der Waals surface area contributed by atoms with Crippen LogP contribution in [-0.2, 0) is 11.8 Å². The summed E-state index contributed by atoms with van der Waals surface area (Å²) in [6.45, 7) is 4.36. The Hall–Kier alpha value is -2.75. The lowest BCUT2D eigenvalue weighted by atomic mass is 9.77. The van der Waals surface area contributed by atoms with Crippen LogP contribution in [0.1, 0.15) is 26.2 Å². The predicted octanol–water partition coefficient (Wildman–Crippen LogP) is 3.32. The SMILES string of the molecule is C[C@H]1CC2(CCN(c3nc(N)c(-c4ccc(OC(F)(F)F)cc4)c(=O)n3C)CC2)CO1. The van der Waals surface area contributed by atoms with Crippen molar-refractivity contribution >= 4 is 11.8 Å². The van der Waals surface area contributed by atoms with Crippen LogP contribution in [0.3, 0.4) is 0 Å². The highest BCUT2D eigenvalue weighted by Gasteiger charge is 2.41. The van der Waals surface area contributed by atoms with Gasteiger partial charge in [0, 0.05) is 20.1 Å². The van der Waals surface area contributed by atoms with Crippen LogP contribution in [0, 0.1) is 5.41 Å². The summed E-state index contributed by atoms with van der Waals surface area (Å²) in [5.74, 6) is 0.162. The quantitative estimate of drug-likeness (QED) is 0.792. The number of benzene rings is 1. The first-order valence-corrected chi connectivity index (χ1v) is 10.2. The lowest BCUT2D eigenvalue weighted by molar-refractivity contribution is -0.274. The fourth-order valence-electron chi connectivity index (χ4n) is 4.56. The lowest BCUT2D eigenvalue weighted by Gasteiger charge is -2.39. The molecule has 2 aliphatic heterocycles. The molecule has 1 atom stereocenters. The van der Waals surface area contributed by atoms with Gasteiger partial charge in [0.25, 0.3) is 5.56 Å². The van der Waals surface area contributed by atoms with Crippen molar-refractivity contribution in [2.75, 3.05) is 30.3 Å². The van der Waals surface area contributed by atoms with Crippen molar-refractivity contribution in [2.45, 2.75) is 38.7 Å². The second-order valence-corrected chi connectivity index (χ2v) is 8.42. The van der Waals surface area contributed by atoms with E-state index in [1.165, 1.54) is 16.7 Å². The molecular formula is C21H25F3N4O3. The van der Waals surface area contributed by atoms with Gasteiger partial charge in [-0.15, -0.1) is 13.2 Å². The second kappa shape index (κ2) is 7.74. The van der Waals surface area contributed by atoms with Crippen LogP contribution in [0.15, 0.2) is 29.1 Å². The van der Waals surface area contributed by atoms with Gasteiger partial charge in [0.1, 0.15) is 11.6 Å². The molecule has 1 aromatic carbocycles. The highest BCUT2D eigenvalue weighted by atomic mass is 19.4. The summed E-state index contributed by atoms with van der Waals surface area (Å²) in [6.07, 6.45) is -1.56. The molecule has 1 aromatic heterocycles. The minimum atomic E-state index is -4.78. The van der Waals surface area contributed by atoms with E-state index in [9.17, 15) is 18.0 Å². The summed E-state index contributed by atoms with van der Waals surface area (Å²) in [5.41, 5.74) is 6.49. The number of hydrogen-bond acceptors (Lipinski definition) is 6. The van der Waals surface area contributed by atoms with E-state index in [1.807, 2.05) is 0 Å². The van der Waals surface area contributed by atoms with E-state index in [0.717, 1.165) is 51.1 Å². The van der Waals surface area contributed by atoms with Gasteiger partial charge in [-0.1, -0.05) is 12.1 Å². The van der Waals surface area contributed by atoms with Crippen molar-refractivity contribution in [1.29, 1.82) is 0 Å². The summed E-state index contributed by atoms with van der Waals surface area (Å²) in [4.78, 5) is 19.6. The van der Waals surface area contributed by atoms with Crippen LogP contribution in [0.5, 0.6) is 5.75 Å². The molecular weight excluding hydrogens is 413 g/mol. The van der Waals surface area contributed by atoms with Gasteiger partial charge in [0.15, 0.2) is 0 Å². The zero-order valence-electron chi connectivity index (χ0n) is 17.4. The molecule has 0 aliphatic carbocycles. The number of nitrogens with zero attached hydrogens (tertiary/aromatic N) is 3. The Kier molecular flexibility index (Phi) is 5.36. The molecule has 2 aromatic rings. The topological polar surface area (TPSA) is 82.6 Å². The summed E-state index contributed by atoms with van der Waals surface area (Å²) in [5, 5.41) is 0. The molecule has 0 radical (unpaired) electrons. The number of nitrogen functional groups attached to an aromatic ring is 1. The minimum Gasteiger partial charge on any atom is -0.406 e. The zero-order chi connectivity index (χ0) is 22.4. The van der Waals surface area contributed by atoms with Crippen molar-refractivity contribution in [3.05, 3.63) is 34.6 Å². The monoisotopic (exact) mass is 438 g/mol. The maximum absolute atomic E-state index is 13.0. The third-order valence-electron chi connectivity index (χ3n) is 6.17. The first-order chi connectivity index (χ1) is 14.6. The van der Waals surface area contributed by atoms with Crippen LogP contribution in [0.2, 0.25) is 0 Å². The van der Waals surface area contributed by atoms with E-state index in [-0.39, 0.29) is 34.2 Å². The molecule has 2 fully saturated rings. The Bertz CT molecular complexity index is 1010. The third kappa shape index (κ3) is 4.34. The maximum Gasteiger partial charge on any atom is 0.573 e. The Morgan fingerprint density at radius 3 is 2.42 bits per heavy atom. The van der Waals surface area contributed by atoms with Crippen LogP contribution < -0.4 is 20.9 Å². The standard InChI is InChI=1S/C21H25F3N4O3/c1-13-11-20(12-30-13)7-9-28(10-8-20)19-26-17(25)16(18(29)27(19)2)14-3-5-15(6-4-14)31-21(22,23)24/h3-6,13H,7-12,25H2,1-2H3/t13-/m0/s1. The zero-order valence-corrected chi connectivity index (χ0v) is 17.4. The maximum atomic E-state index is 13.0.